The zero-order valence-electron chi connectivity index (χ0n) is 19.9. The smallest absolute Gasteiger partial charge is 0.129 e. The molecule has 2 N–H and O–H groups in total. The fourth-order valence-corrected chi connectivity index (χ4v) is 4.95. The second-order valence-electron chi connectivity index (χ2n) is 9.19. The summed E-state index contributed by atoms with van der Waals surface area (Å²) in [7, 11) is 1.61. The number of aliphatic hydroxyl groups is 1. The molecule has 2 aromatic rings. The van der Waals surface area contributed by atoms with Gasteiger partial charge in [0, 0.05) is 56.0 Å². The fourth-order valence-electron chi connectivity index (χ4n) is 4.95. The maximum absolute atomic E-state index is 9.60. The van der Waals surface area contributed by atoms with Crippen molar-refractivity contribution >= 4 is 11.8 Å². The molecule has 0 radical (unpaired) electrons. The van der Waals surface area contributed by atoms with Crippen molar-refractivity contribution in [1.29, 1.82) is 0 Å². The van der Waals surface area contributed by atoms with Gasteiger partial charge in [-0.15, -0.1) is 0 Å². The van der Waals surface area contributed by atoms with E-state index in [0.29, 0.717) is 17.9 Å². The third kappa shape index (κ3) is 4.83. The first-order chi connectivity index (χ1) is 16.6. The number of fused-ring (bicyclic) bond motifs is 2. The molecule has 1 fully saturated rings. The van der Waals surface area contributed by atoms with E-state index in [9.17, 15) is 5.11 Å². The Balaban J connectivity index is 1.19. The number of rotatable bonds is 7. The van der Waals surface area contributed by atoms with Crippen LogP contribution in [-0.4, -0.2) is 74.0 Å². The molecule has 180 valence electrons. The van der Waals surface area contributed by atoms with Gasteiger partial charge in [-0.1, -0.05) is 42.0 Å². The number of hydrogen-bond donors (Lipinski definition) is 2. The molecule has 1 atom stereocenters. The first kappa shape index (κ1) is 22.9. The van der Waals surface area contributed by atoms with E-state index in [2.05, 4.69) is 58.6 Å². The molecule has 0 amide bonds. The van der Waals surface area contributed by atoms with Crippen molar-refractivity contribution in [2.45, 2.75) is 19.6 Å². The van der Waals surface area contributed by atoms with Crippen molar-refractivity contribution in [2.24, 2.45) is 0 Å². The van der Waals surface area contributed by atoms with Crippen LogP contribution >= 0.6 is 0 Å². The van der Waals surface area contributed by atoms with Crippen LogP contribution in [0.2, 0.25) is 0 Å². The molecular weight excluding hydrogens is 430 g/mol. The summed E-state index contributed by atoms with van der Waals surface area (Å²) < 4.78 is 11.5. The average molecular weight is 464 g/mol. The Morgan fingerprint density at radius 3 is 2.65 bits per heavy atom. The second kappa shape index (κ2) is 10.2. The van der Waals surface area contributed by atoms with E-state index in [1.54, 1.807) is 7.11 Å². The van der Waals surface area contributed by atoms with Crippen LogP contribution in [0.4, 0.5) is 0 Å². The molecular formula is C27H33N3O4. The van der Waals surface area contributed by atoms with Crippen molar-refractivity contribution in [2.75, 3.05) is 53.0 Å². The van der Waals surface area contributed by atoms with Crippen molar-refractivity contribution in [1.82, 2.24) is 15.3 Å². The molecule has 0 aliphatic carbocycles. The summed E-state index contributed by atoms with van der Waals surface area (Å²) in [6.07, 6.45) is 2.23. The number of ether oxygens (including phenoxy) is 2. The third-order valence-corrected chi connectivity index (χ3v) is 6.79. The molecule has 7 nitrogen and oxygen atoms in total. The van der Waals surface area contributed by atoms with E-state index in [0.717, 1.165) is 61.9 Å². The molecule has 1 unspecified atom stereocenters. The van der Waals surface area contributed by atoms with E-state index >= 15 is 0 Å². The van der Waals surface area contributed by atoms with Crippen LogP contribution in [0.15, 0.2) is 53.6 Å². The van der Waals surface area contributed by atoms with E-state index in [1.165, 1.54) is 11.1 Å². The van der Waals surface area contributed by atoms with Crippen LogP contribution in [0, 0.1) is 0 Å². The van der Waals surface area contributed by atoms with Crippen molar-refractivity contribution < 1.29 is 19.4 Å². The monoisotopic (exact) mass is 463 g/mol. The first-order valence-corrected chi connectivity index (χ1v) is 11.9. The lowest BCUT2D eigenvalue weighted by atomic mass is 9.98. The summed E-state index contributed by atoms with van der Waals surface area (Å²) in [6, 6.07) is 14.3. The van der Waals surface area contributed by atoms with Gasteiger partial charge in [-0.2, -0.15) is 0 Å². The summed E-state index contributed by atoms with van der Waals surface area (Å²) in [5.74, 6) is 1.39. The van der Waals surface area contributed by atoms with Crippen LogP contribution in [0.25, 0.3) is 11.8 Å². The Morgan fingerprint density at radius 1 is 1.15 bits per heavy atom. The van der Waals surface area contributed by atoms with Gasteiger partial charge in [0.05, 0.1) is 19.4 Å². The Hall–Kier alpha value is -2.84. The van der Waals surface area contributed by atoms with Gasteiger partial charge in [0.2, 0.25) is 0 Å². The number of nitrogens with zero attached hydrogens (tertiary/aromatic N) is 2. The minimum absolute atomic E-state index is 0.0436. The number of aliphatic hydroxyl groups excluding tert-OH is 1. The molecule has 34 heavy (non-hydrogen) atoms. The Kier molecular flexibility index (Phi) is 6.87. The van der Waals surface area contributed by atoms with Gasteiger partial charge >= 0.3 is 0 Å². The van der Waals surface area contributed by atoms with Crippen molar-refractivity contribution in [3.05, 3.63) is 70.3 Å². The van der Waals surface area contributed by atoms with E-state index in [-0.39, 0.29) is 12.7 Å². The van der Waals surface area contributed by atoms with E-state index < -0.39 is 0 Å². The highest BCUT2D eigenvalue weighted by Gasteiger charge is 2.35. The Labute approximate surface area is 201 Å². The van der Waals surface area contributed by atoms with Gasteiger partial charge in [0.1, 0.15) is 24.2 Å². The summed E-state index contributed by atoms with van der Waals surface area (Å²) in [5.41, 5.74) is 9.52. The first-order valence-electron chi connectivity index (χ1n) is 11.9. The van der Waals surface area contributed by atoms with Crippen LogP contribution in [0.5, 0.6) is 11.5 Å². The molecule has 0 bridgehead atoms. The normalized spacial score (nSPS) is 21.0. The maximum atomic E-state index is 9.60. The molecule has 0 aromatic heterocycles. The largest absolute Gasteiger partial charge is 0.496 e. The highest BCUT2D eigenvalue weighted by molar-refractivity contribution is 5.76. The van der Waals surface area contributed by atoms with Crippen LogP contribution < -0.4 is 15.0 Å². The summed E-state index contributed by atoms with van der Waals surface area (Å²) in [5, 5.41) is 9.60. The molecule has 0 saturated carbocycles. The predicted molar refractivity (Wildman–Crippen MR) is 132 cm³/mol. The molecule has 0 spiro atoms. The molecule has 2 aromatic carbocycles. The van der Waals surface area contributed by atoms with Crippen LogP contribution in [0.3, 0.4) is 0 Å². The molecule has 1 saturated heterocycles. The molecule has 3 heterocycles. The predicted octanol–water partition coefficient (Wildman–Crippen LogP) is 2.92. The lowest BCUT2D eigenvalue weighted by molar-refractivity contribution is 0.0118. The maximum Gasteiger partial charge on any atom is 0.129 e. The number of methoxy groups -OCH3 is 1. The van der Waals surface area contributed by atoms with Crippen molar-refractivity contribution in [3.63, 3.8) is 0 Å². The fraction of sp³-hybridized carbons (Fsp3) is 0.407. The van der Waals surface area contributed by atoms with Gasteiger partial charge in [-0.05, 0) is 24.6 Å². The van der Waals surface area contributed by atoms with Gasteiger partial charge in [-0.25, -0.2) is 0 Å². The van der Waals surface area contributed by atoms with E-state index in [4.69, 9.17) is 14.3 Å². The second-order valence-corrected chi connectivity index (χ2v) is 9.19. The topological polar surface area (TPSA) is 66.4 Å². The van der Waals surface area contributed by atoms with Gasteiger partial charge in [0.15, 0.2) is 0 Å². The summed E-state index contributed by atoms with van der Waals surface area (Å²) in [6.45, 7) is 8.58. The van der Waals surface area contributed by atoms with Crippen molar-refractivity contribution in [3.8, 4) is 11.5 Å². The minimum Gasteiger partial charge on any atom is -0.496 e. The molecule has 3 aliphatic heterocycles. The molecule has 3 aliphatic rings. The van der Waals surface area contributed by atoms with Crippen LogP contribution in [0.1, 0.15) is 23.6 Å². The third-order valence-electron chi connectivity index (χ3n) is 6.79. The van der Waals surface area contributed by atoms with Gasteiger partial charge in [-0.3, -0.25) is 20.1 Å². The highest BCUT2D eigenvalue weighted by atomic mass is 16.7. The Morgan fingerprint density at radius 2 is 1.91 bits per heavy atom. The lowest BCUT2D eigenvalue weighted by Crippen LogP contribution is -2.49. The zero-order valence-corrected chi connectivity index (χ0v) is 19.9. The lowest BCUT2D eigenvalue weighted by Gasteiger charge is -2.36. The van der Waals surface area contributed by atoms with Gasteiger partial charge < -0.3 is 14.6 Å². The number of piperazine rings is 1. The van der Waals surface area contributed by atoms with Crippen LogP contribution in [-0.2, 0) is 11.4 Å². The number of benzene rings is 2. The SMILES string of the molecule is COc1cc2c(cc1CO)OCC1=C2NOC1CN1CCN(CC(C)=Cc2ccccc2)CC1. The standard InChI is InChI=1S/C27H33N3O4/c1-19(12-20-6-4-3-5-7-20)15-29-8-10-30(11-9-29)16-26-23-18-33-25-13-21(17-31)24(32-2)14-22(25)27(23)28-34-26/h3-7,12-14,26,28,31H,8-11,15-18H2,1-2H3. The quantitative estimate of drug-likeness (QED) is 0.655. The minimum atomic E-state index is -0.0914. The molecule has 7 heteroatoms. The van der Waals surface area contributed by atoms with Gasteiger partial charge in [0.25, 0.3) is 0 Å². The summed E-state index contributed by atoms with van der Waals surface area (Å²) in [4.78, 5) is 11.0. The number of hydroxylamine groups is 1. The van der Waals surface area contributed by atoms with E-state index in [1.807, 2.05) is 12.1 Å². The number of nitrogens with one attached hydrogen (secondary N) is 1. The zero-order chi connectivity index (χ0) is 23.5. The molecule has 5 rings (SSSR count). The number of hydrogen-bond acceptors (Lipinski definition) is 7. The average Bonchev–Trinajstić information content (AvgIpc) is 3.28. The summed E-state index contributed by atoms with van der Waals surface area (Å²) >= 11 is 0. The Bertz CT molecular complexity index is 1070. The highest BCUT2D eigenvalue weighted by Crippen LogP contribution is 2.40.